The second-order valence-corrected chi connectivity index (χ2v) is 5.01. The summed E-state index contributed by atoms with van der Waals surface area (Å²) >= 11 is 1.97. The van der Waals surface area contributed by atoms with E-state index in [1.807, 2.05) is 23.9 Å². The molecule has 0 aliphatic carbocycles. The highest BCUT2D eigenvalue weighted by Crippen LogP contribution is 2.35. The molecule has 2 heterocycles. The lowest BCUT2D eigenvalue weighted by Gasteiger charge is -2.22. The van der Waals surface area contributed by atoms with Crippen LogP contribution >= 0.6 is 11.8 Å². The van der Waals surface area contributed by atoms with E-state index >= 15 is 0 Å². The smallest absolute Gasteiger partial charge is 0.142 e. The molecule has 1 saturated heterocycles. The van der Waals surface area contributed by atoms with E-state index in [1.165, 1.54) is 12.2 Å². The van der Waals surface area contributed by atoms with E-state index in [9.17, 15) is 0 Å². The lowest BCUT2D eigenvalue weighted by Crippen LogP contribution is -2.34. The molecule has 88 valence electrons. The topological polar surface area (TPSA) is 60.2 Å². The van der Waals surface area contributed by atoms with Crippen molar-refractivity contribution >= 4 is 11.8 Å². The Morgan fingerprint density at radius 3 is 3.19 bits per heavy atom. The van der Waals surface area contributed by atoms with Crippen LogP contribution in [0.1, 0.15) is 18.2 Å². The van der Waals surface area contributed by atoms with Gasteiger partial charge in [0.1, 0.15) is 11.4 Å². The van der Waals surface area contributed by atoms with E-state index in [-0.39, 0.29) is 6.04 Å². The van der Waals surface area contributed by atoms with Crippen LogP contribution in [0, 0.1) is 5.92 Å². The molecule has 0 aromatic carbocycles. The number of nitrogens with zero attached hydrogens (tertiary/aromatic N) is 1. The zero-order chi connectivity index (χ0) is 11.4. The van der Waals surface area contributed by atoms with Crippen LogP contribution in [0.4, 0.5) is 0 Å². The van der Waals surface area contributed by atoms with Crippen molar-refractivity contribution in [3.8, 4) is 5.75 Å². The highest BCUT2D eigenvalue weighted by atomic mass is 32.2. The Morgan fingerprint density at radius 1 is 1.69 bits per heavy atom. The van der Waals surface area contributed by atoms with Crippen molar-refractivity contribution in [1.82, 2.24) is 10.4 Å². The van der Waals surface area contributed by atoms with E-state index in [1.54, 1.807) is 13.3 Å². The number of rotatable bonds is 4. The molecule has 1 aliphatic rings. The molecule has 2 atom stereocenters. The van der Waals surface area contributed by atoms with Crippen LogP contribution in [0.25, 0.3) is 0 Å². The van der Waals surface area contributed by atoms with Gasteiger partial charge in [0.2, 0.25) is 0 Å². The standard InChI is InChI=1S/C11H17N3OS/c1-15-9-3-2-5-13-11(9)10(14-12)8-4-6-16-7-8/h2-3,5,8,10,14H,4,6-7,12H2,1H3. The molecule has 0 bridgehead atoms. The molecule has 16 heavy (non-hydrogen) atoms. The van der Waals surface area contributed by atoms with Gasteiger partial charge in [0.15, 0.2) is 0 Å². The van der Waals surface area contributed by atoms with E-state index in [0.717, 1.165) is 17.2 Å². The minimum absolute atomic E-state index is 0.0890. The first kappa shape index (κ1) is 11.7. The van der Waals surface area contributed by atoms with Crippen LogP contribution in [-0.4, -0.2) is 23.6 Å². The summed E-state index contributed by atoms with van der Waals surface area (Å²) in [7, 11) is 1.66. The Kier molecular flexibility index (Phi) is 4.04. The Bertz CT molecular complexity index is 342. The molecule has 2 rings (SSSR count). The van der Waals surface area contributed by atoms with Crippen molar-refractivity contribution in [1.29, 1.82) is 0 Å². The molecule has 0 spiro atoms. The Morgan fingerprint density at radius 2 is 2.56 bits per heavy atom. The van der Waals surface area contributed by atoms with Gasteiger partial charge in [0.25, 0.3) is 0 Å². The Hall–Kier alpha value is -0.780. The minimum Gasteiger partial charge on any atom is -0.495 e. The number of ether oxygens (including phenoxy) is 1. The summed E-state index contributed by atoms with van der Waals surface area (Å²) in [5.41, 5.74) is 3.80. The summed E-state index contributed by atoms with van der Waals surface area (Å²) in [5, 5.41) is 0. The summed E-state index contributed by atoms with van der Waals surface area (Å²) < 4.78 is 5.32. The zero-order valence-electron chi connectivity index (χ0n) is 9.35. The summed E-state index contributed by atoms with van der Waals surface area (Å²) in [6, 6.07) is 3.89. The monoisotopic (exact) mass is 239 g/mol. The number of thioether (sulfide) groups is 1. The van der Waals surface area contributed by atoms with Gasteiger partial charge in [-0.25, -0.2) is 0 Å². The van der Waals surface area contributed by atoms with Gasteiger partial charge in [-0.1, -0.05) is 0 Å². The first-order valence-electron chi connectivity index (χ1n) is 5.39. The third-order valence-electron chi connectivity index (χ3n) is 2.93. The van der Waals surface area contributed by atoms with Crippen LogP contribution < -0.4 is 16.0 Å². The Labute approximate surface area is 99.9 Å². The summed E-state index contributed by atoms with van der Waals surface area (Å²) in [6.45, 7) is 0. The molecule has 1 aromatic heterocycles. The lowest BCUT2D eigenvalue weighted by molar-refractivity contribution is 0.356. The average Bonchev–Trinajstić information content (AvgIpc) is 2.84. The van der Waals surface area contributed by atoms with E-state index in [0.29, 0.717) is 5.92 Å². The molecule has 1 aliphatic heterocycles. The maximum atomic E-state index is 5.65. The van der Waals surface area contributed by atoms with Crippen LogP contribution in [0.5, 0.6) is 5.75 Å². The largest absolute Gasteiger partial charge is 0.495 e. The predicted octanol–water partition coefficient (Wildman–Crippen LogP) is 1.35. The van der Waals surface area contributed by atoms with Gasteiger partial charge in [-0.05, 0) is 36.0 Å². The quantitative estimate of drug-likeness (QED) is 0.613. The predicted molar refractivity (Wildman–Crippen MR) is 66.3 cm³/mol. The van der Waals surface area contributed by atoms with Gasteiger partial charge in [-0.2, -0.15) is 11.8 Å². The number of nitrogens with two attached hydrogens (primary N) is 1. The van der Waals surface area contributed by atoms with Crippen LogP contribution in [0.15, 0.2) is 18.3 Å². The van der Waals surface area contributed by atoms with Crippen molar-refractivity contribution in [3.63, 3.8) is 0 Å². The van der Waals surface area contributed by atoms with Crippen molar-refractivity contribution in [2.75, 3.05) is 18.6 Å². The van der Waals surface area contributed by atoms with E-state index in [2.05, 4.69) is 10.4 Å². The molecule has 2 unspecified atom stereocenters. The number of hydrazine groups is 1. The fraction of sp³-hybridized carbons (Fsp3) is 0.545. The van der Waals surface area contributed by atoms with Gasteiger partial charge >= 0.3 is 0 Å². The van der Waals surface area contributed by atoms with Gasteiger partial charge in [0, 0.05) is 6.20 Å². The Balaban J connectivity index is 2.24. The lowest BCUT2D eigenvalue weighted by atomic mass is 9.96. The van der Waals surface area contributed by atoms with E-state index < -0.39 is 0 Å². The van der Waals surface area contributed by atoms with Gasteiger partial charge in [0.05, 0.1) is 13.2 Å². The highest BCUT2D eigenvalue weighted by Gasteiger charge is 2.28. The minimum atomic E-state index is 0.0890. The molecule has 0 amide bonds. The van der Waals surface area contributed by atoms with Crippen molar-refractivity contribution in [2.45, 2.75) is 12.5 Å². The summed E-state index contributed by atoms with van der Waals surface area (Å²) in [4.78, 5) is 4.39. The van der Waals surface area contributed by atoms with Crippen LogP contribution in [-0.2, 0) is 0 Å². The number of methoxy groups -OCH3 is 1. The molecule has 1 aromatic rings. The third kappa shape index (κ3) is 2.31. The second kappa shape index (κ2) is 5.52. The number of aromatic nitrogens is 1. The molecule has 1 fully saturated rings. The first-order valence-corrected chi connectivity index (χ1v) is 6.55. The summed E-state index contributed by atoms with van der Waals surface area (Å²) in [6.07, 6.45) is 2.96. The van der Waals surface area contributed by atoms with Crippen molar-refractivity contribution in [3.05, 3.63) is 24.0 Å². The van der Waals surface area contributed by atoms with Crippen LogP contribution in [0.2, 0.25) is 0 Å². The second-order valence-electron chi connectivity index (χ2n) is 3.86. The van der Waals surface area contributed by atoms with E-state index in [4.69, 9.17) is 10.6 Å². The maximum absolute atomic E-state index is 5.65. The normalized spacial score (nSPS) is 22.0. The number of nitrogens with one attached hydrogen (secondary N) is 1. The number of pyridine rings is 1. The zero-order valence-corrected chi connectivity index (χ0v) is 10.2. The molecule has 5 heteroatoms. The molecule has 0 saturated carbocycles. The van der Waals surface area contributed by atoms with Crippen molar-refractivity contribution < 1.29 is 4.74 Å². The highest BCUT2D eigenvalue weighted by molar-refractivity contribution is 7.99. The fourth-order valence-corrected chi connectivity index (χ4v) is 3.36. The van der Waals surface area contributed by atoms with Gasteiger partial charge in [-0.15, -0.1) is 0 Å². The SMILES string of the molecule is COc1cccnc1C(NN)C1CCSC1. The molecular formula is C11H17N3OS. The van der Waals surface area contributed by atoms with Gasteiger partial charge in [-0.3, -0.25) is 16.3 Å². The number of hydrogen-bond acceptors (Lipinski definition) is 5. The maximum Gasteiger partial charge on any atom is 0.142 e. The fourth-order valence-electron chi connectivity index (χ4n) is 2.06. The first-order chi connectivity index (χ1) is 7.86. The summed E-state index contributed by atoms with van der Waals surface area (Å²) in [5.74, 6) is 9.34. The van der Waals surface area contributed by atoms with Crippen LogP contribution in [0.3, 0.4) is 0 Å². The average molecular weight is 239 g/mol. The van der Waals surface area contributed by atoms with Gasteiger partial charge < -0.3 is 4.74 Å². The number of hydrogen-bond donors (Lipinski definition) is 2. The van der Waals surface area contributed by atoms with Crippen molar-refractivity contribution in [2.24, 2.45) is 11.8 Å². The molecule has 0 radical (unpaired) electrons. The molecular weight excluding hydrogens is 222 g/mol. The molecule has 3 N–H and O–H groups in total. The molecule has 4 nitrogen and oxygen atoms in total. The third-order valence-corrected chi connectivity index (χ3v) is 4.12.